The van der Waals surface area contributed by atoms with Gasteiger partial charge in [0.05, 0.1) is 16.2 Å². The topological polar surface area (TPSA) is 125 Å². The Morgan fingerprint density at radius 3 is 2.53 bits per heavy atom. The highest BCUT2D eigenvalue weighted by atomic mass is 16.6. The van der Waals surface area contributed by atoms with Gasteiger partial charge in [0, 0.05) is 68.6 Å². The van der Waals surface area contributed by atoms with Crippen molar-refractivity contribution in [2.45, 2.75) is 45.6 Å². The third-order valence-electron chi connectivity index (χ3n) is 8.48. The lowest BCUT2D eigenvalue weighted by atomic mass is 9.96. The number of carbonyl (C=O) groups excluding carboxylic acids is 3. The second kappa shape index (κ2) is 11.7. The van der Waals surface area contributed by atoms with Gasteiger partial charge in [-0.3, -0.25) is 24.5 Å². The average Bonchev–Trinajstić information content (AvgIpc) is 3.34. The molecule has 10 nitrogen and oxygen atoms in total. The Morgan fingerprint density at radius 2 is 1.79 bits per heavy atom. The first-order valence-corrected chi connectivity index (χ1v) is 14.6. The number of carbonyl (C=O) groups is 3. The molecule has 3 aromatic carbocycles. The van der Waals surface area contributed by atoms with Crippen LogP contribution in [0.25, 0.3) is 11.3 Å². The van der Waals surface area contributed by atoms with E-state index in [0.29, 0.717) is 48.6 Å². The predicted octanol–water partition coefficient (Wildman–Crippen LogP) is 4.99. The van der Waals surface area contributed by atoms with Crippen LogP contribution in [0.2, 0.25) is 0 Å². The van der Waals surface area contributed by atoms with E-state index in [1.807, 2.05) is 52.3 Å². The zero-order valence-electron chi connectivity index (χ0n) is 24.0. The van der Waals surface area contributed by atoms with Gasteiger partial charge in [0.1, 0.15) is 0 Å². The van der Waals surface area contributed by atoms with Crippen LogP contribution >= 0.6 is 0 Å². The smallest absolute Gasteiger partial charge is 0.270 e. The van der Waals surface area contributed by atoms with Gasteiger partial charge in [-0.2, -0.15) is 0 Å². The van der Waals surface area contributed by atoms with Crippen molar-refractivity contribution >= 4 is 46.1 Å². The van der Waals surface area contributed by atoms with Crippen LogP contribution in [0, 0.1) is 10.1 Å². The number of likely N-dealkylation sites (tertiary alicyclic amines) is 1. The minimum atomic E-state index is -0.469. The number of fused-ring (bicyclic) bond motifs is 2. The fourth-order valence-corrected chi connectivity index (χ4v) is 6.04. The molecule has 3 aromatic rings. The maximum atomic E-state index is 13.4. The lowest BCUT2D eigenvalue weighted by Gasteiger charge is -2.28. The average molecular weight is 580 g/mol. The molecule has 3 aliphatic heterocycles. The van der Waals surface area contributed by atoms with Crippen molar-refractivity contribution in [1.82, 2.24) is 9.80 Å². The lowest BCUT2D eigenvalue weighted by molar-refractivity contribution is -0.384. The Balaban J connectivity index is 1.35. The van der Waals surface area contributed by atoms with E-state index in [9.17, 15) is 24.5 Å². The highest BCUT2D eigenvalue weighted by Gasteiger charge is 2.30. The van der Waals surface area contributed by atoms with Crippen molar-refractivity contribution in [3.8, 4) is 0 Å². The van der Waals surface area contributed by atoms with E-state index in [1.165, 1.54) is 12.1 Å². The van der Waals surface area contributed by atoms with E-state index in [2.05, 4.69) is 10.6 Å². The number of anilines is 2. The van der Waals surface area contributed by atoms with Crippen molar-refractivity contribution in [2.75, 3.05) is 30.3 Å². The molecule has 10 heteroatoms. The van der Waals surface area contributed by atoms with E-state index < -0.39 is 4.92 Å². The Morgan fingerprint density at radius 1 is 0.977 bits per heavy atom. The molecule has 3 amide bonds. The van der Waals surface area contributed by atoms with Crippen LogP contribution in [-0.4, -0.2) is 52.1 Å². The zero-order valence-corrected chi connectivity index (χ0v) is 24.0. The second-order valence-corrected chi connectivity index (χ2v) is 11.3. The summed E-state index contributed by atoms with van der Waals surface area (Å²) >= 11 is 0. The molecule has 220 valence electrons. The summed E-state index contributed by atoms with van der Waals surface area (Å²) in [6.45, 7) is 4.24. The molecule has 0 radical (unpaired) electrons. The largest absolute Gasteiger partial charge is 0.354 e. The summed E-state index contributed by atoms with van der Waals surface area (Å²) in [4.78, 5) is 52.3. The van der Waals surface area contributed by atoms with E-state index in [-0.39, 0.29) is 23.4 Å². The summed E-state index contributed by atoms with van der Waals surface area (Å²) in [6, 6.07) is 18.2. The van der Waals surface area contributed by atoms with E-state index >= 15 is 0 Å². The molecule has 3 aliphatic rings. The molecule has 2 N–H and O–H groups in total. The van der Waals surface area contributed by atoms with Crippen molar-refractivity contribution in [3.05, 3.63) is 98.6 Å². The fraction of sp³-hybridized carbons (Fsp3) is 0.303. The van der Waals surface area contributed by atoms with Gasteiger partial charge in [0.25, 0.3) is 11.6 Å². The molecule has 0 saturated carbocycles. The number of nitro groups is 1. The van der Waals surface area contributed by atoms with Gasteiger partial charge in [-0.1, -0.05) is 30.3 Å². The van der Waals surface area contributed by atoms with Crippen LogP contribution in [0.4, 0.5) is 17.1 Å². The number of amides is 3. The molecule has 0 aromatic heterocycles. The van der Waals surface area contributed by atoms with Gasteiger partial charge in [0.15, 0.2) is 0 Å². The summed E-state index contributed by atoms with van der Waals surface area (Å²) in [6.07, 6.45) is 4.05. The van der Waals surface area contributed by atoms with Crippen LogP contribution in [-0.2, 0) is 33.8 Å². The summed E-state index contributed by atoms with van der Waals surface area (Å²) in [7, 11) is 0. The van der Waals surface area contributed by atoms with E-state index in [4.69, 9.17) is 0 Å². The Hall–Kier alpha value is -4.99. The van der Waals surface area contributed by atoms with Crippen LogP contribution in [0.5, 0.6) is 0 Å². The highest BCUT2D eigenvalue weighted by Crippen LogP contribution is 2.39. The molecule has 0 atom stereocenters. The quantitative estimate of drug-likeness (QED) is 0.231. The van der Waals surface area contributed by atoms with Crippen LogP contribution in [0.1, 0.15) is 54.0 Å². The number of nitro benzene ring substituents is 1. The van der Waals surface area contributed by atoms with Gasteiger partial charge in [0.2, 0.25) is 11.8 Å². The Labute approximate surface area is 249 Å². The molecule has 6 rings (SSSR count). The number of hydrogen-bond donors (Lipinski definition) is 2. The minimum absolute atomic E-state index is 0.0471. The van der Waals surface area contributed by atoms with E-state index in [1.54, 1.807) is 13.0 Å². The van der Waals surface area contributed by atoms with E-state index in [0.717, 1.165) is 60.2 Å². The molecule has 1 saturated heterocycles. The first-order valence-electron chi connectivity index (χ1n) is 14.6. The number of nitrogens with one attached hydrogen (secondary N) is 2. The third kappa shape index (κ3) is 5.86. The first-order chi connectivity index (χ1) is 20.8. The molecule has 1 fully saturated rings. The molecule has 0 unspecified atom stereocenters. The SMILES string of the molecule is CC(=O)N1CCc2cc(NC(=C3C(=O)Nc4ccc([N+](=O)[O-])cc43)c3ccc(CCN4CCCCC4=O)cc3)ccc2C1. The lowest BCUT2D eigenvalue weighted by Crippen LogP contribution is -2.36. The number of benzene rings is 3. The predicted molar refractivity (Wildman–Crippen MR) is 164 cm³/mol. The molecule has 3 heterocycles. The number of hydrogen-bond acceptors (Lipinski definition) is 6. The standard InChI is InChI=1S/C33H33N5O5/c1-21(39)37-17-14-24-18-26(10-9-25(24)20-37)34-32(31-28-19-27(38(42)43)11-12-29(28)35-33(31)41)23-7-5-22(6-8-23)13-16-36-15-3-2-4-30(36)40/h5-12,18-19,34H,2-4,13-17,20H2,1H3,(H,35,41). The highest BCUT2D eigenvalue weighted by molar-refractivity contribution is 6.37. The molecular weight excluding hydrogens is 546 g/mol. The molecule has 0 aliphatic carbocycles. The Kier molecular flexibility index (Phi) is 7.67. The summed E-state index contributed by atoms with van der Waals surface area (Å²) in [5.74, 6) is -0.0928. The maximum absolute atomic E-state index is 13.4. The third-order valence-corrected chi connectivity index (χ3v) is 8.48. The van der Waals surface area contributed by atoms with Crippen molar-refractivity contribution < 1.29 is 19.3 Å². The van der Waals surface area contributed by atoms with Crippen molar-refractivity contribution in [1.29, 1.82) is 0 Å². The van der Waals surface area contributed by atoms with Gasteiger partial charge < -0.3 is 20.4 Å². The van der Waals surface area contributed by atoms with Crippen molar-refractivity contribution in [2.24, 2.45) is 0 Å². The number of piperidine rings is 1. The van der Waals surface area contributed by atoms with Gasteiger partial charge in [-0.15, -0.1) is 0 Å². The maximum Gasteiger partial charge on any atom is 0.270 e. The van der Waals surface area contributed by atoms with Crippen LogP contribution < -0.4 is 10.6 Å². The molecular formula is C33H33N5O5. The number of nitrogens with zero attached hydrogens (tertiary/aromatic N) is 3. The molecule has 0 bridgehead atoms. The Bertz CT molecular complexity index is 1660. The van der Waals surface area contributed by atoms with Crippen LogP contribution in [0.3, 0.4) is 0 Å². The summed E-state index contributed by atoms with van der Waals surface area (Å²) in [5, 5.41) is 17.9. The van der Waals surface area contributed by atoms with Crippen molar-refractivity contribution in [3.63, 3.8) is 0 Å². The summed E-state index contributed by atoms with van der Waals surface area (Å²) in [5.41, 5.74) is 6.55. The second-order valence-electron chi connectivity index (χ2n) is 11.3. The van der Waals surface area contributed by atoms with Gasteiger partial charge in [-0.25, -0.2) is 0 Å². The molecule has 0 spiro atoms. The van der Waals surface area contributed by atoms with Gasteiger partial charge in [-0.05, 0) is 66.1 Å². The summed E-state index contributed by atoms with van der Waals surface area (Å²) < 4.78 is 0. The zero-order chi connectivity index (χ0) is 30.1. The monoisotopic (exact) mass is 579 g/mol. The minimum Gasteiger partial charge on any atom is -0.354 e. The molecule has 43 heavy (non-hydrogen) atoms. The fourth-order valence-electron chi connectivity index (χ4n) is 6.04. The normalized spacial score (nSPS) is 17.2. The number of rotatable bonds is 7. The van der Waals surface area contributed by atoms with Gasteiger partial charge >= 0.3 is 0 Å². The first kappa shape index (κ1) is 28.1. The van der Waals surface area contributed by atoms with Crippen LogP contribution in [0.15, 0.2) is 60.7 Å². The number of non-ortho nitro benzene ring substituents is 1.